The topological polar surface area (TPSA) is 52.6 Å². The second-order valence-electron chi connectivity index (χ2n) is 4.00. The number of benzene rings is 1. The lowest BCUT2D eigenvalue weighted by molar-refractivity contribution is -0.122. The Bertz CT molecular complexity index is 525. The van der Waals surface area contributed by atoms with Crippen LogP contribution < -0.4 is 5.32 Å². The van der Waals surface area contributed by atoms with Gasteiger partial charge in [0.15, 0.2) is 5.11 Å². The molecule has 94 valence electrons. The van der Waals surface area contributed by atoms with Crippen LogP contribution in [0, 0.1) is 0 Å². The number of carbonyl (C=O) groups excluding carboxylic acids is 1. The first-order valence-electron chi connectivity index (χ1n) is 5.76. The Morgan fingerprint density at radius 2 is 2.17 bits per heavy atom. The Balaban J connectivity index is 2.28. The molecule has 0 atom stereocenters. The third-order valence-electron chi connectivity index (χ3n) is 2.65. The van der Waals surface area contributed by atoms with E-state index in [0.717, 1.165) is 6.42 Å². The second-order valence-corrected chi connectivity index (χ2v) is 4.39. The average Bonchev–Trinajstić information content (AvgIpc) is 2.60. The Labute approximate surface area is 111 Å². The van der Waals surface area contributed by atoms with Crippen LogP contribution in [-0.4, -0.2) is 27.6 Å². The molecule has 1 aromatic carbocycles. The quantitative estimate of drug-likeness (QED) is 0.645. The van der Waals surface area contributed by atoms with Crippen LogP contribution in [0.5, 0.6) is 5.75 Å². The van der Waals surface area contributed by atoms with E-state index in [0.29, 0.717) is 22.9 Å². The number of amides is 1. The third-order valence-corrected chi connectivity index (χ3v) is 2.97. The molecule has 2 N–H and O–H groups in total. The van der Waals surface area contributed by atoms with Crippen molar-refractivity contribution in [1.29, 1.82) is 0 Å². The highest BCUT2D eigenvalue weighted by atomic mass is 32.1. The monoisotopic (exact) mass is 262 g/mol. The predicted molar refractivity (Wildman–Crippen MR) is 73.8 cm³/mol. The summed E-state index contributed by atoms with van der Waals surface area (Å²) >= 11 is 5.10. The summed E-state index contributed by atoms with van der Waals surface area (Å²) in [5, 5.41) is 13.0. The Kier molecular flexibility index (Phi) is 3.62. The summed E-state index contributed by atoms with van der Waals surface area (Å²) in [5.74, 6) is -0.00966. The maximum absolute atomic E-state index is 12.0. The van der Waals surface area contributed by atoms with E-state index in [1.165, 1.54) is 4.90 Å². The zero-order valence-corrected chi connectivity index (χ0v) is 10.8. The van der Waals surface area contributed by atoms with Gasteiger partial charge < -0.3 is 10.4 Å². The summed E-state index contributed by atoms with van der Waals surface area (Å²) in [6.07, 6.45) is 2.46. The molecule has 0 aromatic heterocycles. The number of para-hydroxylation sites is 1. The van der Waals surface area contributed by atoms with E-state index in [1.807, 2.05) is 6.92 Å². The molecule has 1 heterocycles. The highest BCUT2D eigenvalue weighted by Crippen LogP contribution is 2.21. The van der Waals surface area contributed by atoms with Gasteiger partial charge in [-0.05, 0) is 30.8 Å². The lowest BCUT2D eigenvalue weighted by Gasteiger charge is -2.11. The van der Waals surface area contributed by atoms with Gasteiger partial charge >= 0.3 is 0 Å². The molecule has 18 heavy (non-hydrogen) atoms. The van der Waals surface area contributed by atoms with E-state index in [9.17, 15) is 9.90 Å². The number of nitrogens with zero attached hydrogens (tertiary/aromatic N) is 1. The molecule has 2 rings (SSSR count). The van der Waals surface area contributed by atoms with Crippen LogP contribution in [0.1, 0.15) is 18.9 Å². The van der Waals surface area contributed by atoms with Crippen LogP contribution in [0.25, 0.3) is 6.08 Å². The smallest absolute Gasteiger partial charge is 0.276 e. The molecular formula is C13H14N2O2S. The van der Waals surface area contributed by atoms with Gasteiger partial charge in [0.1, 0.15) is 11.4 Å². The van der Waals surface area contributed by atoms with Gasteiger partial charge in [-0.25, -0.2) is 0 Å². The molecule has 0 aliphatic carbocycles. The lowest BCUT2D eigenvalue weighted by Crippen LogP contribution is -2.31. The van der Waals surface area contributed by atoms with E-state index < -0.39 is 0 Å². The van der Waals surface area contributed by atoms with E-state index in [-0.39, 0.29) is 11.7 Å². The molecule has 1 saturated heterocycles. The number of phenols is 1. The van der Waals surface area contributed by atoms with Crippen LogP contribution in [0.2, 0.25) is 0 Å². The molecule has 0 saturated carbocycles. The lowest BCUT2D eigenvalue weighted by atomic mass is 10.1. The molecule has 4 nitrogen and oxygen atoms in total. The van der Waals surface area contributed by atoms with E-state index in [2.05, 4.69) is 5.32 Å². The predicted octanol–water partition coefficient (Wildman–Crippen LogP) is 1.86. The largest absolute Gasteiger partial charge is 0.507 e. The molecule has 5 heteroatoms. The number of hydrogen-bond acceptors (Lipinski definition) is 3. The number of carbonyl (C=O) groups is 1. The van der Waals surface area contributed by atoms with Crippen molar-refractivity contribution < 1.29 is 9.90 Å². The van der Waals surface area contributed by atoms with Crippen LogP contribution in [0.4, 0.5) is 0 Å². The van der Waals surface area contributed by atoms with Gasteiger partial charge in [0.2, 0.25) is 0 Å². The summed E-state index contributed by atoms with van der Waals surface area (Å²) in [4.78, 5) is 13.6. The standard InChI is InChI=1S/C13H14N2O2S/c1-2-7-15-12(17)10(14-13(15)18)8-9-5-3-4-6-11(9)16/h3-6,8,16H,2,7H2,1H3,(H,14,18). The fourth-order valence-electron chi connectivity index (χ4n) is 1.76. The molecule has 1 aliphatic heterocycles. The number of hydrogen-bond donors (Lipinski definition) is 2. The van der Waals surface area contributed by atoms with Gasteiger partial charge in [0.05, 0.1) is 0 Å². The summed E-state index contributed by atoms with van der Waals surface area (Å²) in [5.41, 5.74) is 0.990. The molecule has 1 fully saturated rings. The van der Waals surface area contributed by atoms with Gasteiger partial charge in [-0.1, -0.05) is 25.1 Å². The van der Waals surface area contributed by atoms with Gasteiger partial charge in [0.25, 0.3) is 5.91 Å². The highest BCUT2D eigenvalue weighted by Gasteiger charge is 2.29. The fourth-order valence-corrected chi connectivity index (χ4v) is 2.05. The molecule has 0 spiro atoms. The minimum absolute atomic E-state index is 0.138. The second kappa shape index (κ2) is 5.18. The fraction of sp³-hybridized carbons (Fsp3) is 0.231. The van der Waals surface area contributed by atoms with Gasteiger partial charge in [-0.2, -0.15) is 0 Å². The van der Waals surface area contributed by atoms with Crippen molar-refractivity contribution in [3.63, 3.8) is 0 Å². The third kappa shape index (κ3) is 2.36. The van der Waals surface area contributed by atoms with Crippen LogP contribution in [-0.2, 0) is 4.79 Å². The summed E-state index contributed by atoms with van der Waals surface area (Å²) in [7, 11) is 0. The first-order chi connectivity index (χ1) is 8.63. The molecule has 0 radical (unpaired) electrons. The molecule has 1 aliphatic rings. The van der Waals surface area contributed by atoms with Crippen molar-refractivity contribution in [3.8, 4) is 5.75 Å². The number of nitrogens with one attached hydrogen (secondary N) is 1. The maximum Gasteiger partial charge on any atom is 0.276 e. The van der Waals surface area contributed by atoms with E-state index in [4.69, 9.17) is 12.2 Å². The van der Waals surface area contributed by atoms with Crippen molar-refractivity contribution in [2.75, 3.05) is 6.54 Å². The zero-order chi connectivity index (χ0) is 13.1. The summed E-state index contributed by atoms with van der Waals surface area (Å²) < 4.78 is 0. The van der Waals surface area contributed by atoms with Crippen molar-refractivity contribution in [1.82, 2.24) is 10.2 Å². The molecular weight excluding hydrogens is 248 g/mol. The normalized spacial score (nSPS) is 17.4. The van der Waals surface area contributed by atoms with Crippen molar-refractivity contribution >= 4 is 29.3 Å². The first kappa shape index (κ1) is 12.6. The number of rotatable bonds is 3. The van der Waals surface area contributed by atoms with Gasteiger partial charge in [0, 0.05) is 12.1 Å². The first-order valence-corrected chi connectivity index (χ1v) is 6.17. The van der Waals surface area contributed by atoms with Crippen molar-refractivity contribution in [2.24, 2.45) is 0 Å². The number of thiocarbonyl (C=S) groups is 1. The molecule has 1 aromatic rings. The average molecular weight is 262 g/mol. The SMILES string of the molecule is CCCN1C(=O)C(=Cc2ccccc2O)NC1=S. The minimum atomic E-state index is -0.148. The number of aromatic hydroxyl groups is 1. The van der Waals surface area contributed by atoms with Crippen LogP contribution in [0.3, 0.4) is 0 Å². The van der Waals surface area contributed by atoms with E-state index in [1.54, 1.807) is 30.3 Å². The van der Waals surface area contributed by atoms with Gasteiger partial charge in [-0.15, -0.1) is 0 Å². The minimum Gasteiger partial charge on any atom is -0.507 e. The Hall–Kier alpha value is -1.88. The molecule has 0 bridgehead atoms. The Morgan fingerprint density at radius 1 is 1.44 bits per heavy atom. The Morgan fingerprint density at radius 3 is 2.83 bits per heavy atom. The van der Waals surface area contributed by atoms with Crippen LogP contribution >= 0.6 is 12.2 Å². The molecule has 1 amide bonds. The van der Waals surface area contributed by atoms with Crippen LogP contribution in [0.15, 0.2) is 30.0 Å². The summed E-state index contributed by atoms with van der Waals surface area (Å²) in [6.45, 7) is 2.59. The number of phenolic OH excluding ortho intramolecular Hbond substituents is 1. The maximum atomic E-state index is 12.0. The zero-order valence-electron chi connectivity index (χ0n) is 10.0. The summed E-state index contributed by atoms with van der Waals surface area (Å²) in [6, 6.07) is 6.85. The highest BCUT2D eigenvalue weighted by molar-refractivity contribution is 7.80. The molecule has 0 unspecified atom stereocenters. The van der Waals surface area contributed by atoms with Crippen molar-refractivity contribution in [3.05, 3.63) is 35.5 Å². The van der Waals surface area contributed by atoms with Crippen molar-refractivity contribution in [2.45, 2.75) is 13.3 Å². The van der Waals surface area contributed by atoms with E-state index >= 15 is 0 Å². The van der Waals surface area contributed by atoms with Gasteiger partial charge in [-0.3, -0.25) is 9.69 Å².